The Bertz CT molecular complexity index is 611. The molecule has 0 spiro atoms. The molecular formula is C15H13FOS. The zero-order valence-corrected chi connectivity index (χ0v) is 10.9. The Hall–Kier alpha value is -1.48. The molecule has 3 heteroatoms. The molecule has 1 nitrogen and oxygen atoms in total. The van der Waals surface area contributed by atoms with Gasteiger partial charge in [0, 0.05) is 26.3 Å². The molecule has 0 radical (unpaired) electrons. The summed E-state index contributed by atoms with van der Waals surface area (Å²) in [5.41, 5.74) is 1.58. The van der Waals surface area contributed by atoms with Crippen LogP contribution >= 0.6 is 11.3 Å². The molecule has 1 fully saturated rings. The highest BCUT2D eigenvalue weighted by atomic mass is 32.1. The molecule has 0 N–H and O–H groups in total. The van der Waals surface area contributed by atoms with Crippen molar-refractivity contribution >= 4 is 17.6 Å². The number of hydrogen-bond acceptors (Lipinski definition) is 2. The predicted molar refractivity (Wildman–Crippen MR) is 71.7 cm³/mol. The predicted octanol–water partition coefficient (Wildman–Crippen LogP) is 4.42. The van der Waals surface area contributed by atoms with Gasteiger partial charge in [-0.25, -0.2) is 4.39 Å². The topological polar surface area (TPSA) is 17.1 Å². The van der Waals surface area contributed by atoms with Gasteiger partial charge in [-0.05, 0) is 43.2 Å². The molecule has 1 aromatic heterocycles. The first-order valence-corrected chi connectivity index (χ1v) is 6.79. The summed E-state index contributed by atoms with van der Waals surface area (Å²) in [7, 11) is 0. The number of benzene rings is 1. The van der Waals surface area contributed by atoms with Gasteiger partial charge in [-0.1, -0.05) is 6.92 Å². The maximum absolute atomic E-state index is 13.1. The lowest BCUT2D eigenvalue weighted by atomic mass is 10.1. The second-order valence-corrected chi connectivity index (χ2v) is 6.16. The lowest BCUT2D eigenvalue weighted by Crippen LogP contribution is -1.93. The number of rotatable bonds is 3. The molecule has 0 unspecified atom stereocenters. The van der Waals surface area contributed by atoms with E-state index in [0.717, 1.165) is 16.7 Å². The Kier molecular flexibility index (Phi) is 2.59. The SMILES string of the molecule is CC1(c2ccc(-c3ccc(F)cc3C=O)s2)CC1. The Morgan fingerprint density at radius 1 is 1.28 bits per heavy atom. The molecule has 1 aromatic carbocycles. The van der Waals surface area contributed by atoms with Gasteiger partial charge < -0.3 is 0 Å². The lowest BCUT2D eigenvalue weighted by molar-refractivity contribution is 0.112. The van der Waals surface area contributed by atoms with Gasteiger partial charge in [-0.15, -0.1) is 11.3 Å². The molecule has 18 heavy (non-hydrogen) atoms. The Labute approximate surface area is 109 Å². The van der Waals surface area contributed by atoms with E-state index in [1.54, 1.807) is 17.4 Å². The van der Waals surface area contributed by atoms with E-state index in [0.29, 0.717) is 11.0 Å². The summed E-state index contributed by atoms with van der Waals surface area (Å²) in [6.07, 6.45) is 3.18. The smallest absolute Gasteiger partial charge is 0.150 e. The van der Waals surface area contributed by atoms with Crippen molar-refractivity contribution in [1.82, 2.24) is 0 Å². The molecule has 1 heterocycles. The minimum absolute atomic E-state index is 0.338. The minimum Gasteiger partial charge on any atom is -0.298 e. The maximum Gasteiger partial charge on any atom is 0.150 e. The standard InChI is InChI=1S/C15H13FOS/c1-15(6-7-15)14-5-4-13(18-14)12-3-2-11(16)8-10(12)9-17/h2-5,8-9H,6-7H2,1H3. The van der Waals surface area contributed by atoms with Crippen molar-refractivity contribution in [1.29, 1.82) is 0 Å². The average Bonchev–Trinajstić information content (AvgIpc) is 2.93. The first-order chi connectivity index (χ1) is 8.62. The highest BCUT2D eigenvalue weighted by molar-refractivity contribution is 7.15. The van der Waals surface area contributed by atoms with Crippen molar-refractivity contribution < 1.29 is 9.18 Å². The minimum atomic E-state index is -0.369. The fourth-order valence-electron chi connectivity index (χ4n) is 2.10. The van der Waals surface area contributed by atoms with Gasteiger partial charge in [-0.2, -0.15) is 0 Å². The maximum atomic E-state index is 13.1. The highest BCUT2D eigenvalue weighted by Gasteiger charge is 2.40. The van der Waals surface area contributed by atoms with Gasteiger partial charge in [0.05, 0.1) is 0 Å². The number of carbonyl (C=O) groups is 1. The van der Waals surface area contributed by atoms with E-state index in [4.69, 9.17) is 0 Å². The number of carbonyl (C=O) groups excluding carboxylic acids is 1. The molecular weight excluding hydrogens is 247 g/mol. The Morgan fingerprint density at radius 2 is 2.06 bits per heavy atom. The van der Waals surface area contributed by atoms with Crippen molar-refractivity contribution in [3.63, 3.8) is 0 Å². The first-order valence-electron chi connectivity index (χ1n) is 5.98. The van der Waals surface area contributed by atoms with Crippen molar-refractivity contribution in [2.24, 2.45) is 0 Å². The third kappa shape index (κ3) is 1.89. The van der Waals surface area contributed by atoms with E-state index in [-0.39, 0.29) is 5.82 Å². The third-order valence-corrected chi connectivity index (χ3v) is 5.03. The average molecular weight is 260 g/mol. The van der Waals surface area contributed by atoms with Crippen LogP contribution in [0.25, 0.3) is 10.4 Å². The largest absolute Gasteiger partial charge is 0.298 e. The molecule has 0 bridgehead atoms. The van der Waals surface area contributed by atoms with Crippen molar-refractivity contribution in [2.75, 3.05) is 0 Å². The van der Waals surface area contributed by atoms with Gasteiger partial charge >= 0.3 is 0 Å². The van der Waals surface area contributed by atoms with Gasteiger partial charge in [0.2, 0.25) is 0 Å². The molecule has 0 saturated heterocycles. The third-order valence-electron chi connectivity index (χ3n) is 3.61. The van der Waals surface area contributed by atoms with E-state index in [1.165, 1.54) is 29.9 Å². The van der Waals surface area contributed by atoms with Gasteiger partial charge in [0.15, 0.2) is 6.29 Å². The van der Waals surface area contributed by atoms with Gasteiger partial charge in [-0.3, -0.25) is 4.79 Å². The highest BCUT2D eigenvalue weighted by Crippen LogP contribution is 2.51. The Balaban J connectivity index is 2.04. The molecule has 92 valence electrons. The van der Waals surface area contributed by atoms with Crippen LogP contribution in [-0.4, -0.2) is 6.29 Å². The summed E-state index contributed by atoms with van der Waals surface area (Å²) >= 11 is 1.71. The van der Waals surface area contributed by atoms with Crippen LogP contribution in [0.15, 0.2) is 30.3 Å². The summed E-state index contributed by atoms with van der Waals surface area (Å²) in [4.78, 5) is 13.4. The van der Waals surface area contributed by atoms with Crippen molar-refractivity contribution in [3.8, 4) is 10.4 Å². The molecule has 0 aliphatic heterocycles. The van der Waals surface area contributed by atoms with Crippen LogP contribution in [0.3, 0.4) is 0 Å². The number of hydrogen-bond donors (Lipinski definition) is 0. The van der Waals surface area contributed by atoms with Crippen LogP contribution in [0, 0.1) is 5.82 Å². The fraction of sp³-hybridized carbons (Fsp3) is 0.267. The summed E-state index contributed by atoms with van der Waals surface area (Å²) in [6, 6.07) is 8.54. The molecule has 1 aliphatic rings. The van der Waals surface area contributed by atoms with E-state index >= 15 is 0 Å². The quantitative estimate of drug-likeness (QED) is 0.747. The van der Waals surface area contributed by atoms with Crippen LogP contribution in [0.2, 0.25) is 0 Å². The molecule has 0 atom stereocenters. The monoisotopic (exact) mass is 260 g/mol. The molecule has 1 saturated carbocycles. The molecule has 0 amide bonds. The van der Waals surface area contributed by atoms with Gasteiger partial charge in [0.25, 0.3) is 0 Å². The second-order valence-electron chi connectivity index (χ2n) is 5.07. The number of halogens is 1. The number of aldehydes is 1. The zero-order valence-electron chi connectivity index (χ0n) is 10.1. The summed E-state index contributed by atoms with van der Waals surface area (Å²) in [5, 5.41) is 0. The van der Waals surface area contributed by atoms with Crippen LogP contribution < -0.4 is 0 Å². The van der Waals surface area contributed by atoms with Crippen LogP contribution in [-0.2, 0) is 5.41 Å². The fourth-order valence-corrected chi connectivity index (χ4v) is 3.35. The van der Waals surface area contributed by atoms with Gasteiger partial charge in [0.1, 0.15) is 5.82 Å². The normalized spacial score (nSPS) is 16.6. The summed E-state index contributed by atoms with van der Waals surface area (Å²) in [5.74, 6) is -0.369. The first kappa shape index (κ1) is 11.6. The number of thiophene rings is 1. The van der Waals surface area contributed by atoms with Crippen molar-refractivity contribution in [2.45, 2.75) is 25.2 Å². The van der Waals surface area contributed by atoms with Crippen LogP contribution in [0.5, 0.6) is 0 Å². The second kappa shape index (κ2) is 4.02. The summed E-state index contributed by atoms with van der Waals surface area (Å²) < 4.78 is 13.1. The van der Waals surface area contributed by atoms with Crippen LogP contribution in [0.4, 0.5) is 4.39 Å². The van der Waals surface area contributed by atoms with E-state index in [2.05, 4.69) is 13.0 Å². The van der Waals surface area contributed by atoms with Crippen molar-refractivity contribution in [3.05, 3.63) is 46.6 Å². The van der Waals surface area contributed by atoms with Crippen LogP contribution in [0.1, 0.15) is 35.0 Å². The molecule has 3 rings (SSSR count). The zero-order chi connectivity index (χ0) is 12.8. The van der Waals surface area contributed by atoms with E-state index in [1.807, 2.05) is 6.07 Å². The van der Waals surface area contributed by atoms with E-state index < -0.39 is 0 Å². The summed E-state index contributed by atoms with van der Waals surface area (Å²) in [6.45, 7) is 2.26. The molecule has 1 aliphatic carbocycles. The molecule has 2 aromatic rings. The lowest BCUT2D eigenvalue weighted by Gasteiger charge is -2.04. The Morgan fingerprint density at radius 3 is 2.72 bits per heavy atom. The van der Waals surface area contributed by atoms with E-state index in [9.17, 15) is 9.18 Å².